The number of non-ortho nitro benzene ring substituents is 1. The van der Waals surface area contributed by atoms with Gasteiger partial charge >= 0.3 is 0 Å². The van der Waals surface area contributed by atoms with Crippen LogP contribution in [0.1, 0.15) is 80.1 Å². The van der Waals surface area contributed by atoms with Crippen LogP contribution in [0.25, 0.3) is 0 Å². The van der Waals surface area contributed by atoms with E-state index in [4.69, 9.17) is 28.5 Å². The van der Waals surface area contributed by atoms with Gasteiger partial charge in [-0.05, 0) is 92.0 Å². The van der Waals surface area contributed by atoms with Crippen molar-refractivity contribution in [2.24, 2.45) is 22.9 Å². The fraction of sp³-hybridized carbons (Fsp3) is 0.467. The molecular weight excluding hydrogens is 759 g/mol. The number of nitrogens with zero attached hydrogens (tertiary/aromatic N) is 3. The summed E-state index contributed by atoms with van der Waals surface area (Å²) in [5, 5.41) is 36.0. The largest absolute Gasteiger partial charge is 0.459 e. The number of fused-ring (bicyclic) bond motifs is 3. The number of aliphatic hydroxyl groups excluding tert-OH is 2. The van der Waals surface area contributed by atoms with Crippen LogP contribution >= 0.6 is 0 Å². The van der Waals surface area contributed by atoms with E-state index in [-0.39, 0.29) is 62.4 Å². The van der Waals surface area contributed by atoms with E-state index in [1.54, 1.807) is 42.5 Å². The Bertz CT molecular complexity index is 2070. The molecule has 2 aliphatic carbocycles. The van der Waals surface area contributed by atoms with Crippen LogP contribution in [0.4, 0.5) is 5.69 Å². The first-order valence-corrected chi connectivity index (χ1v) is 20.5. The van der Waals surface area contributed by atoms with Crippen molar-refractivity contribution in [1.82, 2.24) is 4.90 Å². The van der Waals surface area contributed by atoms with Crippen LogP contribution in [0.3, 0.4) is 0 Å². The average molecular weight is 812 g/mol. The highest BCUT2D eigenvalue weighted by molar-refractivity contribution is 6.03. The lowest BCUT2D eigenvalue weighted by atomic mass is 9.55. The van der Waals surface area contributed by atoms with Gasteiger partial charge < -0.3 is 43.6 Å². The van der Waals surface area contributed by atoms with Crippen LogP contribution in [-0.2, 0) is 9.57 Å². The number of unbranched alkanes of at least 4 members (excludes halogenated alkanes) is 2. The number of oxime groups is 1. The molecule has 2 aliphatic heterocycles. The second-order valence-electron chi connectivity index (χ2n) is 15.4. The number of aliphatic hydroxyl groups is 2. The third-order valence-corrected chi connectivity index (χ3v) is 11.8. The molecule has 0 spiro atoms. The smallest absolute Gasteiger partial charge is 0.273 e. The first kappa shape index (κ1) is 41.7. The van der Waals surface area contributed by atoms with Crippen LogP contribution in [-0.4, -0.2) is 83.8 Å². The van der Waals surface area contributed by atoms with Gasteiger partial charge in [-0.25, -0.2) is 0 Å². The first-order valence-electron chi connectivity index (χ1n) is 20.5. The third kappa shape index (κ3) is 8.39. The number of rotatable bonds is 19. The van der Waals surface area contributed by atoms with Crippen molar-refractivity contribution in [2.75, 3.05) is 40.3 Å². The lowest BCUT2D eigenvalue weighted by molar-refractivity contribution is -0.384. The Morgan fingerprint density at radius 2 is 1.78 bits per heavy atom. The number of carbonyl (C=O) groups is 1. The van der Waals surface area contributed by atoms with Crippen molar-refractivity contribution in [2.45, 2.75) is 76.0 Å². The quantitative estimate of drug-likeness (QED) is 0.0521. The summed E-state index contributed by atoms with van der Waals surface area (Å²) in [5.41, 5.74) is 2.80. The molecule has 0 aromatic heterocycles. The molecule has 1 fully saturated rings. The molecule has 0 unspecified atom stereocenters. The van der Waals surface area contributed by atoms with Gasteiger partial charge in [-0.2, -0.15) is 0 Å². The summed E-state index contributed by atoms with van der Waals surface area (Å²) < 4.78 is 31.8. The monoisotopic (exact) mass is 811 g/mol. The van der Waals surface area contributed by atoms with Crippen LogP contribution in [0.5, 0.6) is 28.7 Å². The molecule has 4 aliphatic rings. The van der Waals surface area contributed by atoms with Crippen molar-refractivity contribution in [3.8, 4) is 28.7 Å². The molecule has 6 atom stereocenters. The Morgan fingerprint density at radius 3 is 2.53 bits per heavy atom. The van der Waals surface area contributed by atoms with E-state index >= 15 is 0 Å². The summed E-state index contributed by atoms with van der Waals surface area (Å²) in [4.78, 5) is 33.4. The van der Waals surface area contributed by atoms with Crippen molar-refractivity contribution in [3.05, 3.63) is 106 Å². The fourth-order valence-electron chi connectivity index (χ4n) is 9.45. The minimum Gasteiger partial charge on any atom is -0.459 e. The maximum atomic E-state index is 14.9. The predicted octanol–water partition coefficient (Wildman–Crippen LogP) is 7.93. The molecule has 14 heteroatoms. The SMILES string of the molecule is C=CCO[C@@]12Oc3ccc(Oc4cccc([N+](=O)[O-])c4)cc3[C@H]3[C@H](CCCCO)[C@@H](CCCCO)C=C(C(=NOC)C[C@@H]1N(CCC)C(=O)c1ccc4c(c1)OCO4)[C@H]32. The molecule has 2 N–H and O–H groups in total. The zero-order valence-electron chi connectivity index (χ0n) is 33.6. The summed E-state index contributed by atoms with van der Waals surface area (Å²) in [6.07, 6.45) is 9.26. The number of amides is 1. The van der Waals surface area contributed by atoms with Crippen LogP contribution in [0.2, 0.25) is 0 Å². The molecule has 0 bridgehead atoms. The number of ether oxygens (including phenoxy) is 5. The van der Waals surface area contributed by atoms with Crippen molar-refractivity contribution >= 4 is 17.3 Å². The summed E-state index contributed by atoms with van der Waals surface area (Å²) >= 11 is 0. The number of hydrogen-bond acceptors (Lipinski definition) is 12. The molecule has 14 nitrogen and oxygen atoms in total. The Balaban J connectivity index is 1.42. The van der Waals surface area contributed by atoms with E-state index in [1.165, 1.54) is 19.2 Å². The first-order chi connectivity index (χ1) is 28.8. The molecular formula is C45H53N3O11. The normalized spacial score (nSPS) is 24.3. The molecule has 0 saturated heterocycles. The van der Waals surface area contributed by atoms with E-state index in [0.29, 0.717) is 65.8 Å². The Kier molecular flexibility index (Phi) is 13.2. The van der Waals surface area contributed by atoms with E-state index < -0.39 is 22.7 Å². The fourth-order valence-corrected chi connectivity index (χ4v) is 9.45. The molecule has 1 saturated carbocycles. The van der Waals surface area contributed by atoms with Gasteiger partial charge in [-0.3, -0.25) is 14.9 Å². The van der Waals surface area contributed by atoms with Gasteiger partial charge in [-0.15, -0.1) is 6.58 Å². The zero-order valence-corrected chi connectivity index (χ0v) is 33.6. The van der Waals surface area contributed by atoms with E-state index in [2.05, 4.69) is 17.8 Å². The Morgan fingerprint density at radius 1 is 1.02 bits per heavy atom. The van der Waals surface area contributed by atoms with Gasteiger partial charge in [0, 0.05) is 49.3 Å². The predicted molar refractivity (Wildman–Crippen MR) is 219 cm³/mol. The Hall–Kier alpha value is -5.44. The lowest BCUT2D eigenvalue weighted by Gasteiger charge is -2.60. The van der Waals surface area contributed by atoms with E-state index in [0.717, 1.165) is 36.8 Å². The third-order valence-electron chi connectivity index (χ3n) is 11.8. The van der Waals surface area contributed by atoms with Crippen molar-refractivity contribution in [3.63, 3.8) is 0 Å². The number of allylic oxidation sites excluding steroid dienone is 1. The van der Waals surface area contributed by atoms with Crippen molar-refractivity contribution < 1.29 is 48.5 Å². The number of hydrogen-bond donors (Lipinski definition) is 2. The van der Waals surface area contributed by atoms with E-state index in [9.17, 15) is 25.1 Å². The second-order valence-corrected chi connectivity index (χ2v) is 15.4. The zero-order chi connectivity index (χ0) is 41.5. The highest BCUT2D eigenvalue weighted by Gasteiger charge is 2.65. The van der Waals surface area contributed by atoms with Gasteiger partial charge in [0.2, 0.25) is 12.6 Å². The minimum atomic E-state index is -1.43. The number of benzene rings is 3. The maximum absolute atomic E-state index is 14.9. The topological polar surface area (TPSA) is 172 Å². The summed E-state index contributed by atoms with van der Waals surface area (Å²) in [6, 6.07) is 16.1. The maximum Gasteiger partial charge on any atom is 0.273 e. The van der Waals surface area contributed by atoms with Crippen molar-refractivity contribution in [1.29, 1.82) is 0 Å². The van der Waals surface area contributed by atoms with Crippen LogP contribution < -0.4 is 18.9 Å². The number of nitro benzene ring substituents is 1. The molecule has 1 amide bonds. The number of carbonyl (C=O) groups excluding carboxylic acids is 1. The molecule has 59 heavy (non-hydrogen) atoms. The standard InChI is InChI=1S/C45H53N3O11/c1-4-19-47(44(51)30-15-17-39-40(24-30)56-28-55-39)41-27-37(46-54-3)35-23-29(11-6-8-20-49)34(14-7-9-21-50)42-36-26-33(58-32-13-10-12-31(25-32)48(52)53)16-18-38(36)59-45(41,43(35)42)57-22-5-2/h5,10,12-13,15-18,23-26,29,34,41-43,49-50H,2,4,6-9,11,14,19-22,27-28H2,1,3H3/t29-,34+,41-,42+,43+,45+/m0/s1. The van der Waals surface area contributed by atoms with Crippen LogP contribution in [0.15, 0.2) is 90.1 Å². The minimum absolute atomic E-state index is 0.00291. The van der Waals surface area contributed by atoms with Crippen LogP contribution in [0, 0.1) is 27.9 Å². The summed E-state index contributed by atoms with van der Waals surface area (Å²) in [5.74, 6) is 0.0199. The summed E-state index contributed by atoms with van der Waals surface area (Å²) in [6.45, 7) is 6.75. The van der Waals surface area contributed by atoms with Gasteiger partial charge in [0.15, 0.2) is 11.5 Å². The van der Waals surface area contributed by atoms with E-state index in [1.807, 2.05) is 24.0 Å². The number of nitro groups is 1. The Labute approximate surface area is 344 Å². The van der Waals surface area contributed by atoms with Gasteiger partial charge in [-0.1, -0.05) is 43.1 Å². The molecule has 0 radical (unpaired) electrons. The average Bonchev–Trinajstić information content (AvgIpc) is 3.72. The molecule has 2 heterocycles. The molecule has 3 aromatic rings. The molecule has 7 rings (SSSR count). The highest BCUT2D eigenvalue weighted by atomic mass is 16.7. The van der Waals surface area contributed by atoms with Gasteiger partial charge in [0.05, 0.1) is 29.2 Å². The van der Waals surface area contributed by atoms with Gasteiger partial charge in [0.1, 0.15) is 30.4 Å². The molecule has 3 aromatic carbocycles. The second kappa shape index (κ2) is 18.6. The summed E-state index contributed by atoms with van der Waals surface area (Å²) in [7, 11) is 1.52. The molecule has 314 valence electrons. The highest BCUT2D eigenvalue weighted by Crippen LogP contribution is 2.62. The lowest BCUT2D eigenvalue weighted by Crippen LogP contribution is -2.70. The van der Waals surface area contributed by atoms with Gasteiger partial charge in [0.25, 0.3) is 11.6 Å².